The number of allylic oxidation sites excluding steroid dienone is 1. The summed E-state index contributed by atoms with van der Waals surface area (Å²) in [5, 5.41) is 13.9. The van der Waals surface area contributed by atoms with Crippen molar-refractivity contribution in [2.75, 3.05) is 13.6 Å². The fraction of sp³-hybridized carbons (Fsp3) is 0.692. The molecule has 0 aromatic carbocycles. The Bertz CT molecular complexity index is 440. The number of tetrazole rings is 1. The van der Waals surface area contributed by atoms with Crippen molar-refractivity contribution < 1.29 is 4.79 Å². The van der Waals surface area contributed by atoms with Gasteiger partial charge in [-0.1, -0.05) is 23.8 Å². The molecule has 0 saturated heterocycles. The van der Waals surface area contributed by atoms with Crippen LogP contribution in [-0.2, 0) is 4.79 Å². The molecule has 1 heterocycles. The number of carbonyl (C=O) groups excluding carboxylic acids is 1. The molecule has 104 valence electrons. The van der Waals surface area contributed by atoms with E-state index in [1.54, 1.807) is 4.90 Å². The summed E-state index contributed by atoms with van der Waals surface area (Å²) in [6, 6.07) is 0. The highest BCUT2D eigenvalue weighted by Crippen LogP contribution is 2.21. The highest BCUT2D eigenvalue weighted by atomic mass is 16.2. The van der Waals surface area contributed by atoms with E-state index in [1.807, 2.05) is 14.0 Å². The van der Waals surface area contributed by atoms with Gasteiger partial charge in [-0.2, -0.15) is 5.21 Å². The number of H-pyrrole nitrogens is 1. The highest BCUT2D eigenvalue weighted by molar-refractivity contribution is 5.78. The highest BCUT2D eigenvalue weighted by Gasteiger charge is 2.18. The predicted octanol–water partition coefficient (Wildman–Crippen LogP) is 1.65. The summed E-state index contributed by atoms with van der Waals surface area (Å²) in [6.45, 7) is 2.61. The van der Waals surface area contributed by atoms with E-state index in [4.69, 9.17) is 0 Å². The van der Waals surface area contributed by atoms with Gasteiger partial charge in [-0.15, -0.1) is 10.2 Å². The molecule has 0 aliphatic heterocycles. The number of rotatable bonds is 5. The van der Waals surface area contributed by atoms with Crippen molar-refractivity contribution >= 4 is 5.91 Å². The van der Waals surface area contributed by atoms with Crippen LogP contribution >= 0.6 is 0 Å². The maximum absolute atomic E-state index is 12.1. The largest absolute Gasteiger partial charge is 0.345 e. The minimum Gasteiger partial charge on any atom is -0.345 e. The molecule has 6 heteroatoms. The number of hydrogen-bond donors (Lipinski definition) is 1. The minimum absolute atomic E-state index is 0.0908. The molecule has 1 N–H and O–H groups in total. The summed E-state index contributed by atoms with van der Waals surface area (Å²) in [5.41, 5.74) is 1.29. The van der Waals surface area contributed by atoms with Crippen LogP contribution in [0.1, 0.15) is 50.8 Å². The van der Waals surface area contributed by atoms with Crippen LogP contribution in [-0.4, -0.2) is 45.0 Å². The Balaban J connectivity index is 1.83. The monoisotopic (exact) mass is 263 g/mol. The molecule has 1 atom stereocenters. The van der Waals surface area contributed by atoms with E-state index in [2.05, 4.69) is 26.7 Å². The third-order valence-corrected chi connectivity index (χ3v) is 3.54. The molecule has 0 radical (unpaired) electrons. The first-order valence-electron chi connectivity index (χ1n) is 6.82. The third kappa shape index (κ3) is 3.87. The van der Waals surface area contributed by atoms with Crippen LogP contribution in [0.3, 0.4) is 0 Å². The first-order chi connectivity index (χ1) is 9.16. The summed E-state index contributed by atoms with van der Waals surface area (Å²) in [4.78, 5) is 13.9. The SMILES string of the molecule is CC(CN(C)C(=O)CC1=CCCCC1)c1nn[nH]n1. The number of nitrogens with zero attached hydrogens (tertiary/aromatic N) is 4. The number of nitrogens with one attached hydrogen (secondary N) is 1. The van der Waals surface area contributed by atoms with Gasteiger partial charge in [0.2, 0.25) is 5.91 Å². The molecule has 1 aromatic heterocycles. The van der Waals surface area contributed by atoms with Gasteiger partial charge in [0.05, 0.1) is 0 Å². The summed E-state index contributed by atoms with van der Waals surface area (Å²) >= 11 is 0. The number of amides is 1. The van der Waals surface area contributed by atoms with Crippen LogP contribution in [0.25, 0.3) is 0 Å². The Kier molecular flexibility index (Phi) is 4.65. The van der Waals surface area contributed by atoms with E-state index >= 15 is 0 Å². The molecule has 6 nitrogen and oxygen atoms in total. The van der Waals surface area contributed by atoms with Gasteiger partial charge in [0.1, 0.15) is 0 Å². The van der Waals surface area contributed by atoms with E-state index < -0.39 is 0 Å². The Morgan fingerprint density at radius 3 is 3.00 bits per heavy atom. The van der Waals surface area contributed by atoms with E-state index in [1.165, 1.54) is 18.4 Å². The summed E-state index contributed by atoms with van der Waals surface area (Å²) < 4.78 is 0. The zero-order chi connectivity index (χ0) is 13.7. The van der Waals surface area contributed by atoms with Gasteiger partial charge in [-0.05, 0) is 25.7 Å². The van der Waals surface area contributed by atoms with Crippen molar-refractivity contribution in [3.63, 3.8) is 0 Å². The zero-order valence-electron chi connectivity index (χ0n) is 11.6. The van der Waals surface area contributed by atoms with Gasteiger partial charge in [0, 0.05) is 25.9 Å². The maximum Gasteiger partial charge on any atom is 0.226 e. The number of aromatic nitrogens is 4. The smallest absolute Gasteiger partial charge is 0.226 e. The lowest BCUT2D eigenvalue weighted by molar-refractivity contribution is -0.129. The summed E-state index contributed by atoms with van der Waals surface area (Å²) in [6.07, 6.45) is 7.42. The molecule has 1 unspecified atom stereocenters. The molecule has 0 saturated carbocycles. The Hall–Kier alpha value is -1.72. The molecule has 1 aliphatic carbocycles. The molecular weight excluding hydrogens is 242 g/mol. The topological polar surface area (TPSA) is 74.8 Å². The van der Waals surface area contributed by atoms with Crippen molar-refractivity contribution in [2.45, 2.75) is 44.9 Å². The lowest BCUT2D eigenvalue weighted by Gasteiger charge is -2.21. The lowest BCUT2D eigenvalue weighted by Crippen LogP contribution is -2.31. The summed E-state index contributed by atoms with van der Waals surface area (Å²) in [7, 11) is 1.84. The van der Waals surface area contributed by atoms with Gasteiger partial charge in [0.25, 0.3) is 0 Å². The number of likely N-dealkylation sites (N-methyl/N-ethyl adjacent to an activating group) is 1. The van der Waals surface area contributed by atoms with Crippen molar-refractivity contribution in [1.82, 2.24) is 25.5 Å². The number of aromatic amines is 1. The second kappa shape index (κ2) is 6.45. The van der Waals surface area contributed by atoms with Gasteiger partial charge in [-0.25, -0.2) is 0 Å². The van der Waals surface area contributed by atoms with Crippen molar-refractivity contribution in [3.8, 4) is 0 Å². The van der Waals surface area contributed by atoms with Crippen LogP contribution in [0.15, 0.2) is 11.6 Å². The fourth-order valence-corrected chi connectivity index (χ4v) is 2.37. The molecule has 2 rings (SSSR count). The van der Waals surface area contributed by atoms with Crippen LogP contribution in [0, 0.1) is 0 Å². The van der Waals surface area contributed by atoms with Crippen molar-refractivity contribution in [1.29, 1.82) is 0 Å². The molecule has 0 spiro atoms. The van der Waals surface area contributed by atoms with Gasteiger partial charge < -0.3 is 4.90 Å². The quantitative estimate of drug-likeness (QED) is 0.820. The van der Waals surface area contributed by atoms with Crippen molar-refractivity contribution in [2.24, 2.45) is 0 Å². The van der Waals surface area contributed by atoms with Crippen LogP contribution in [0.2, 0.25) is 0 Å². The molecule has 19 heavy (non-hydrogen) atoms. The van der Waals surface area contributed by atoms with E-state index in [-0.39, 0.29) is 11.8 Å². The standard InChI is InChI=1S/C13H21N5O/c1-10(13-14-16-17-15-13)9-18(2)12(19)8-11-6-4-3-5-7-11/h6,10H,3-5,7-9H2,1-2H3,(H,14,15,16,17). The van der Waals surface area contributed by atoms with E-state index in [9.17, 15) is 4.79 Å². The average Bonchev–Trinajstić information content (AvgIpc) is 2.93. The number of hydrogen-bond acceptors (Lipinski definition) is 4. The zero-order valence-corrected chi connectivity index (χ0v) is 11.6. The predicted molar refractivity (Wildman–Crippen MR) is 71.4 cm³/mol. The van der Waals surface area contributed by atoms with Gasteiger partial charge >= 0.3 is 0 Å². The second-order valence-corrected chi connectivity index (χ2v) is 5.23. The second-order valence-electron chi connectivity index (χ2n) is 5.23. The number of carbonyl (C=O) groups is 1. The fourth-order valence-electron chi connectivity index (χ4n) is 2.37. The first-order valence-corrected chi connectivity index (χ1v) is 6.82. The normalized spacial score (nSPS) is 16.8. The molecule has 1 aliphatic rings. The molecule has 1 amide bonds. The molecule has 1 aromatic rings. The van der Waals surface area contributed by atoms with Gasteiger partial charge in [-0.3, -0.25) is 4.79 Å². The van der Waals surface area contributed by atoms with E-state index in [0.717, 1.165) is 12.8 Å². The minimum atomic E-state index is 0.0908. The Morgan fingerprint density at radius 2 is 2.37 bits per heavy atom. The van der Waals surface area contributed by atoms with Gasteiger partial charge in [0.15, 0.2) is 5.82 Å². The van der Waals surface area contributed by atoms with Crippen LogP contribution in [0.4, 0.5) is 0 Å². The van der Waals surface area contributed by atoms with Crippen LogP contribution < -0.4 is 0 Å². The Morgan fingerprint density at radius 1 is 1.53 bits per heavy atom. The maximum atomic E-state index is 12.1. The van der Waals surface area contributed by atoms with Crippen LogP contribution in [0.5, 0.6) is 0 Å². The van der Waals surface area contributed by atoms with Crippen molar-refractivity contribution in [3.05, 3.63) is 17.5 Å². The summed E-state index contributed by atoms with van der Waals surface area (Å²) in [5.74, 6) is 0.910. The first kappa shape index (κ1) is 13.7. The lowest BCUT2D eigenvalue weighted by atomic mass is 9.97. The average molecular weight is 263 g/mol. The molecule has 0 fully saturated rings. The Labute approximate surface area is 113 Å². The molecule has 0 bridgehead atoms. The molecular formula is C13H21N5O. The third-order valence-electron chi connectivity index (χ3n) is 3.54. The van der Waals surface area contributed by atoms with E-state index in [0.29, 0.717) is 18.8 Å².